The number of hydrogen-bond acceptors (Lipinski definition) is 7. The molecule has 4 aromatic rings. The van der Waals surface area contributed by atoms with Crippen LogP contribution in [0.5, 0.6) is 0 Å². The summed E-state index contributed by atoms with van der Waals surface area (Å²) in [5.74, 6) is -0.955. The van der Waals surface area contributed by atoms with Crippen LogP contribution in [0.25, 0.3) is 27.8 Å². The van der Waals surface area contributed by atoms with E-state index in [0.717, 1.165) is 78.7 Å². The van der Waals surface area contributed by atoms with Crippen molar-refractivity contribution in [3.63, 3.8) is 0 Å². The van der Waals surface area contributed by atoms with E-state index in [1.165, 1.54) is 0 Å². The van der Waals surface area contributed by atoms with Gasteiger partial charge >= 0.3 is 5.97 Å². The number of rotatable bonds is 6. The van der Waals surface area contributed by atoms with Gasteiger partial charge in [0.25, 0.3) is 0 Å². The highest BCUT2D eigenvalue weighted by Crippen LogP contribution is 2.36. The molecule has 0 unspecified atom stereocenters. The van der Waals surface area contributed by atoms with Gasteiger partial charge in [-0.15, -0.1) is 0 Å². The van der Waals surface area contributed by atoms with Crippen molar-refractivity contribution < 1.29 is 19.4 Å². The number of hydrogen-bond donors (Lipinski definition) is 1. The second kappa shape index (κ2) is 10.7. The van der Waals surface area contributed by atoms with Crippen LogP contribution in [0, 0.1) is 0 Å². The van der Waals surface area contributed by atoms with Crippen molar-refractivity contribution >= 4 is 28.4 Å². The molecule has 2 saturated heterocycles. The Balaban J connectivity index is 1.49. The minimum absolute atomic E-state index is 0.00412. The van der Waals surface area contributed by atoms with Gasteiger partial charge < -0.3 is 24.4 Å². The highest BCUT2D eigenvalue weighted by atomic mass is 16.5. The summed E-state index contributed by atoms with van der Waals surface area (Å²) >= 11 is 0. The summed E-state index contributed by atoms with van der Waals surface area (Å²) in [6.07, 6.45) is 0. The van der Waals surface area contributed by atoms with Crippen LogP contribution in [0.15, 0.2) is 54.6 Å². The van der Waals surface area contributed by atoms with Crippen LogP contribution in [0.4, 0.5) is 11.4 Å². The van der Waals surface area contributed by atoms with Gasteiger partial charge in [0, 0.05) is 37.6 Å². The summed E-state index contributed by atoms with van der Waals surface area (Å²) in [6, 6.07) is 18.2. The molecule has 0 spiro atoms. The number of benzene rings is 2. The number of ether oxygens (including phenoxy) is 2. The molecule has 0 aliphatic carbocycles. The Morgan fingerprint density at radius 2 is 1.46 bits per heavy atom. The topological polar surface area (TPSA) is 93.0 Å². The minimum atomic E-state index is -1.07. The summed E-state index contributed by atoms with van der Waals surface area (Å²) < 4.78 is 12.8. The van der Waals surface area contributed by atoms with E-state index in [9.17, 15) is 9.90 Å². The van der Waals surface area contributed by atoms with Crippen LogP contribution < -0.4 is 9.80 Å². The molecule has 2 aromatic heterocycles. The zero-order valence-electron chi connectivity index (χ0n) is 22.3. The minimum Gasteiger partial charge on any atom is -0.477 e. The fourth-order valence-corrected chi connectivity index (χ4v) is 5.38. The molecule has 0 atom stereocenters. The number of carbonyl (C=O) groups is 1. The SMILES string of the molecule is CC(C)c1nn(-c2cccc(N3CCOCC3)c2)c2nc(C(=O)O)cc(-c3ccc(N4CCOCC4)cc3)c12. The molecule has 2 aliphatic heterocycles. The number of fused-ring (bicyclic) bond motifs is 1. The van der Waals surface area contributed by atoms with Gasteiger partial charge in [0.2, 0.25) is 0 Å². The molecular formula is C30H33N5O4. The first-order valence-electron chi connectivity index (χ1n) is 13.5. The highest BCUT2D eigenvalue weighted by molar-refractivity contribution is 6.00. The summed E-state index contributed by atoms with van der Waals surface area (Å²) in [6.45, 7) is 10.4. The number of pyridine rings is 1. The first-order valence-corrected chi connectivity index (χ1v) is 13.5. The molecule has 39 heavy (non-hydrogen) atoms. The lowest BCUT2D eigenvalue weighted by molar-refractivity contribution is 0.0691. The van der Waals surface area contributed by atoms with E-state index in [1.807, 2.05) is 12.1 Å². The molecule has 202 valence electrons. The smallest absolute Gasteiger partial charge is 0.354 e. The second-order valence-corrected chi connectivity index (χ2v) is 10.3. The second-order valence-electron chi connectivity index (χ2n) is 10.3. The van der Waals surface area contributed by atoms with Crippen LogP contribution in [0.1, 0.15) is 35.9 Å². The van der Waals surface area contributed by atoms with Gasteiger partial charge in [0.15, 0.2) is 11.3 Å². The Labute approximate surface area is 227 Å². The van der Waals surface area contributed by atoms with E-state index in [1.54, 1.807) is 10.7 Å². The van der Waals surface area contributed by atoms with Gasteiger partial charge in [-0.2, -0.15) is 5.10 Å². The van der Waals surface area contributed by atoms with E-state index in [0.29, 0.717) is 18.9 Å². The van der Waals surface area contributed by atoms with Crippen molar-refractivity contribution in [3.8, 4) is 16.8 Å². The van der Waals surface area contributed by atoms with Gasteiger partial charge in [0.1, 0.15) is 0 Å². The molecule has 9 nitrogen and oxygen atoms in total. The maximum absolute atomic E-state index is 12.2. The van der Waals surface area contributed by atoms with Crippen LogP contribution in [0.3, 0.4) is 0 Å². The van der Waals surface area contributed by atoms with Crippen molar-refractivity contribution in [3.05, 3.63) is 66.0 Å². The van der Waals surface area contributed by atoms with Crippen molar-refractivity contribution in [2.24, 2.45) is 0 Å². The summed E-state index contributed by atoms with van der Waals surface area (Å²) in [7, 11) is 0. The number of anilines is 2. The van der Waals surface area contributed by atoms with Crippen LogP contribution >= 0.6 is 0 Å². The predicted octanol–water partition coefficient (Wildman–Crippen LogP) is 4.58. The van der Waals surface area contributed by atoms with E-state index in [-0.39, 0.29) is 11.6 Å². The Hall–Kier alpha value is -3.95. The quantitative estimate of drug-likeness (QED) is 0.390. The van der Waals surface area contributed by atoms with Crippen molar-refractivity contribution in [2.75, 3.05) is 62.4 Å². The molecule has 0 saturated carbocycles. The molecule has 9 heteroatoms. The van der Waals surface area contributed by atoms with Gasteiger partial charge in [-0.3, -0.25) is 0 Å². The summed E-state index contributed by atoms with van der Waals surface area (Å²) in [5, 5.41) is 15.9. The monoisotopic (exact) mass is 527 g/mol. The first kappa shape index (κ1) is 25.3. The number of nitrogens with zero attached hydrogens (tertiary/aromatic N) is 5. The fourth-order valence-electron chi connectivity index (χ4n) is 5.38. The molecule has 0 radical (unpaired) electrons. The summed E-state index contributed by atoms with van der Waals surface area (Å²) in [5.41, 5.74) is 6.25. The molecule has 4 heterocycles. The molecule has 6 rings (SSSR count). The zero-order valence-corrected chi connectivity index (χ0v) is 22.3. The van der Waals surface area contributed by atoms with Crippen LogP contribution in [-0.2, 0) is 9.47 Å². The van der Waals surface area contributed by atoms with Crippen molar-refractivity contribution in [1.29, 1.82) is 0 Å². The lowest BCUT2D eigenvalue weighted by atomic mass is 9.97. The molecule has 2 fully saturated rings. The number of carboxylic acids is 1. The highest BCUT2D eigenvalue weighted by Gasteiger charge is 2.24. The molecule has 2 aromatic carbocycles. The van der Waals surface area contributed by atoms with Gasteiger partial charge in [-0.05, 0) is 53.4 Å². The standard InChI is InChI=1S/C30H33N5O4/c1-20(2)28-27-25(21-6-8-22(9-7-21)33-10-14-38-15-11-33)19-26(30(36)37)31-29(27)35(32-28)24-5-3-4-23(18-24)34-12-16-39-17-13-34/h3-9,18-20H,10-17H2,1-2H3,(H,36,37). The normalized spacial score (nSPS) is 16.3. The largest absolute Gasteiger partial charge is 0.477 e. The summed E-state index contributed by atoms with van der Waals surface area (Å²) in [4.78, 5) is 21.4. The van der Waals surface area contributed by atoms with E-state index in [4.69, 9.17) is 14.6 Å². The van der Waals surface area contributed by atoms with E-state index < -0.39 is 5.97 Å². The third-order valence-electron chi connectivity index (χ3n) is 7.44. The van der Waals surface area contributed by atoms with Crippen LogP contribution in [-0.4, -0.2) is 78.4 Å². The van der Waals surface area contributed by atoms with Crippen molar-refractivity contribution in [1.82, 2.24) is 14.8 Å². The molecule has 1 N–H and O–H groups in total. The van der Waals surface area contributed by atoms with Gasteiger partial charge in [-0.1, -0.05) is 32.0 Å². The van der Waals surface area contributed by atoms with Gasteiger partial charge in [0.05, 0.1) is 43.2 Å². The van der Waals surface area contributed by atoms with E-state index in [2.05, 4.69) is 65.0 Å². The number of aromatic carboxylic acids is 1. The Morgan fingerprint density at radius 3 is 2.08 bits per heavy atom. The number of morpholine rings is 2. The zero-order chi connectivity index (χ0) is 26.9. The Bertz CT molecular complexity index is 1490. The lowest BCUT2D eigenvalue weighted by Crippen LogP contribution is -2.36. The first-order chi connectivity index (χ1) is 19.0. The van der Waals surface area contributed by atoms with E-state index >= 15 is 0 Å². The average molecular weight is 528 g/mol. The van der Waals surface area contributed by atoms with Crippen molar-refractivity contribution in [2.45, 2.75) is 19.8 Å². The molecule has 0 amide bonds. The average Bonchev–Trinajstić information content (AvgIpc) is 3.38. The molecule has 2 aliphatic rings. The maximum Gasteiger partial charge on any atom is 0.354 e. The molecular weight excluding hydrogens is 494 g/mol. The Morgan fingerprint density at radius 1 is 0.846 bits per heavy atom. The van der Waals surface area contributed by atoms with Crippen LogP contribution in [0.2, 0.25) is 0 Å². The Kier molecular flexibility index (Phi) is 6.93. The van der Waals surface area contributed by atoms with Gasteiger partial charge in [-0.25, -0.2) is 14.5 Å². The maximum atomic E-state index is 12.2. The predicted molar refractivity (Wildman–Crippen MR) is 151 cm³/mol. The number of carboxylic acid groups (broad SMARTS) is 1. The third kappa shape index (κ3) is 4.95. The number of aromatic nitrogens is 3. The fraction of sp³-hybridized carbons (Fsp3) is 0.367. The lowest BCUT2D eigenvalue weighted by Gasteiger charge is -2.29. The third-order valence-corrected chi connectivity index (χ3v) is 7.44. The molecule has 0 bridgehead atoms.